The van der Waals surface area contributed by atoms with Crippen molar-refractivity contribution >= 4 is 28.3 Å². The second-order valence-corrected chi connectivity index (χ2v) is 6.14. The van der Waals surface area contributed by atoms with Crippen molar-refractivity contribution in [2.45, 2.75) is 6.42 Å². The van der Waals surface area contributed by atoms with Gasteiger partial charge in [-0.3, -0.25) is 14.5 Å². The Bertz CT molecular complexity index is 767. The van der Waals surface area contributed by atoms with Crippen LogP contribution in [0.15, 0.2) is 30.3 Å². The molecule has 0 aliphatic carbocycles. The first-order valence-corrected chi connectivity index (χ1v) is 7.77. The third kappa shape index (κ3) is 2.68. The number of hydrogen-bond donors (Lipinski definition) is 1. The molecule has 1 aliphatic rings. The summed E-state index contributed by atoms with van der Waals surface area (Å²) in [5.74, 6) is -0.476. The van der Waals surface area contributed by atoms with Gasteiger partial charge in [-0.25, -0.2) is 0 Å². The van der Waals surface area contributed by atoms with E-state index in [1.165, 1.54) is 11.9 Å². The summed E-state index contributed by atoms with van der Waals surface area (Å²) in [7, 11) is 5.63. The fourth-order valence-electron chi connectivity index (χ4n) is 2.99. The van der Waals surface area contributed by atoms with E-state index in [4.69, 9.17) is 0 Å². The molecule has 1 aliphatic heterocycles. The second-order valence-electron chi connectivity index (χ2n) is 6.14. The maximum Gasteiger partial charge on any atom is 0.261 e. The minimum absolute atomic E-state index is 0. The van der Waals surface area contributed by atoms with Gasteiger partial charge in [0.2, 0.25) is 0 Å². The Kier molecular flexibility index (Phi) is 4.05. The summed E-state index contributed by atoms with van der Waals surface area (Å²) < 4.78 is 0. The van der Waals surface area contributed by atoms with Crippen LogP contribution in [0.25, 0.3) is 10.8 Å². The number of nitrogens with zero attached hydrogens (tertiary/aromatic N) is 2. The summed E-state index contributed by atoms with van der Waals surface area (Å²) in [6.45, 7) is 1.86. The van der Waals surface area contributed by atoms with Crippen molar-refractivity contribution in [2.75, 3.05) is 39.5 Å². The van der Waals surface area contributed by atoms with Crippen molar-refractivity contribution in [3.8, 4) is 0 Å². The largest absolute Gasteiger partial charge is 0.384 e. The van der Waals surface area contributed by atoms with E-state index in [1.54, 1.807) is 6.07 Å². The van der Waals surface area contributed by atoms with Gasteiger partial charge in [-0.1, -0.05) is 12.1 Å². The Morgan fingerprint density at radius 1 is 1.09 bits per heavy atom. The van der Waals surface area contributed by atoms with Crippen LogP contribution >= 0.6 is 0 Å². The van der Waals surface area contributed by atoms with Gasteiger partial charge in [0.15, 0.2) is 0 Å². The number of carbonyl (C=O) groups is 2. The number of amides is 2. The minimum Gasteiger partial charge on any atom is -0.384 e. The smallest absolute Gasteiger partial charge is 0.261 e. The topological polar surface area (TPSA) is 52.7 Å². The van der Waals surface area contributed by atoms with Crippen molar-refractivity contribution in [2.24, 2.45) is 0 Å². The summed E-state index contributed by atoms with van der Waals surface area (Å²) >= 11 is 0. The van der Waals surface area contributed by atoms with E-state index in [0.29, 0.717) is 11.1 Å². The van der Waals surface area contributed by atoms with E-state index in [-0.39, 0.29) is 13.2 Å². The fourth-order valence-corrected chi connectivity index (χ4v) is 2.99. The highest BCUT2D eigenvalue weighted by Crippen LogP contribution is 2.33. The number of carbonyl (C=O) groups excluding carboxylic acids is 2. The van der Waals surface area contributed by atoms with Crippen LogP contribution in [0.3, 0.4) is 0 Å². The van der Waals surface area contributed by atoms with E-state index in [2.05, 4.69) is 24.3 Å². The van der Waals surface area contributed by atoms with Crippen molar-refractivity contribution in [1.82, 2.24) is 9.80 Å². The predicted molar refractivity (Wildman–Crippen MR) is 94.1 cm³/mol. The molecule has 0 aromatic heterocycles. The zero-order valence-electron chi connectivity index (χ0n) is 13.7. The van der Waals surface area contributed by atoms with Crippen LogP contribution in [0.1, 0.15) is 28.6 Å². The highest BCUT2D eigenvalue weighted by molar-refractivity contribution is 6.26. The molecular formula is C18H23N3O2. The van der Waals surface area contributed by atoms with Gasteiger partial charge < -0.3 is 10.2 Å². The quantitative estimate of drug-likeness (QED) is 0.681. The van der Waals surface area contributed by atoms with Crippen LogP contribution < -0.4 is 5.32 Å². The Hall–Kier alpha value is -2.40. The first-order valence-electron chi connectivity index (χ1n) is 7.77. The normalized spacial score (nSPS) is 14.0. The molecule has 0 saturated carbocycles. The number of hydrogen-bond acceptors (Lipinski definition) is 4. The molecule has 2 aromatic carbocycles. The minimum atomic E-state index is -0.238. The Balaban J connectivity index is 0.00000208. The second kappa shape index (κ2) is 6.01. The average molecular weight is 313 g/mol. The van der Waals surface area contributed by atoms with Crippen LogP contribution in [0.4, 0.5) is 5.69 Å². The number of imide groups is 1. The van der Waals surface area contributed by atoms with Crippen LogP contribution in [0.2, 0.25) is 0 Å². The van der Waals surface area contributed by atoms with Crippen molar-refractivity contribution in [3.63, 3.8) is 0 Å². The average Bonchev–Trinajstić information content (AvgIpc) is 2.54. The molecule has 122 valence electrons. The van der Waals surface area contributed by atoms with Gasteiger partial charge in [-0.05, 0) is 45.3 Å². The first-order chi connectivity index (χ1) is 11.0. The lowest BCUT2D eigenvalue weighted by Gasteiger charge is -2.24. The van der Waals surface area contributed by atoms with E-state index in [0.717, 1.165) is 36.0 Å². The Morgan fingerprint density at radius 2 is 1.78 bits per heavy atom. The maximum absolute atomic E-state index is 12.3. The molecule has 0 saturated heterocycles. The summed E-state index contributed by atoms with van der Waals surface area (Å²) in [5, 5.41) is 5.12. The Labute approximate surface area is 137 Å². The van der Waals surface area contributed by atoms with E-state index >= 15 is 0 Å². The number of anilines is 1. The highest BCUT2D eigenvalue weighted by atomic mass is 16.2. The molecule has 0 unspecified atom stereocenters. The van der Waals surface area contributed by atoms with Crippen LogP contribution in [-0.4, -0.2) is 55.8 Å². The fraction of sp³-hybridized carbons (Fsp3) is 0.333. The molecule has 0 fully saturated rings. The molecule has 23 heavy (non-hydrogen) atoms. The van der Waals surface area contributed by atoms with Crippen LogP contribution in [0, 0.1) is 0 Å². The van der Waals surface area contributed by atoms with Crippen molar-refractivity contribution in [1.29, 1.82) is 0 Å². The predicted octanol–water partition coefficient (Wildman–Crippen LogP) is 2.68. The van der Waals surface area contributed by atoms with E-state index in [1.807, 2.05) is 24.3 Å². The van der Waals surface area contributed by atoms with Crippen LogP contribution in [-0.2, 0) is 0 Å². The van der Waals surface area contributed by atoms with Gasteiger partial charge in [0.05, 0.1) is 0 Å². The summed E-state index contributed by atoms with van der Waals surface area (Å²) in [6.07, 6.45) is 1.02. The molecule has 0 bridgehead atoms. The summed E-state index contributed by atoms with van der Waals surface area (Å²) in [6, 6.07) is 9.35. The van der Waals surface area contributed by atoms with Gasteiger partial charge >= 0.3 is 0 Å². The van der Waals surface area contributed by atoms with Crippen molar-refractivity contribution in [3.05, 3.63) is 41.5 Å². The third-order valence-corrected chi connectivity index (χ3v) is 4.21. The van der Waals surface area contributed by atoms with Gasteiger partial charge in [0.1, 0.15) is 0 Å². The number of rotatable bonds is 5. The molecule has 5 nitrogen and oxygen atoms in total. The lowest BCUT2D eigenvalue weighted by atomic mass is 9.93. The molecular weight excluding hydrogens is 290 g/mol. The van der Waals surface area contributed by atoms with Gasteiger partial charge in [-0.2, -0.15) is 0 Å². The van der Waals surface area contributed by atoms with Crippen molar-refractivity contribution < 1.29 is 11.0 Å². The summed E-state index contributed by atoms with van der Waals surface area (Å²) in [5.41, 5.74) is 2.16. The molecule has 2 aromatic rings. The molecule has 5 heteroatoms. The SMILES string of the molecule is CN(C)CCCNc1ccc2c3c(cccc13)C(=O)N(C)C2=O.[HH]. The molecule has 1 N–H and O–H groups in total. The molecule has 0 atom stereocenters. The van der Waals surface area contributed by atoms with Gasteiger partial charge in [-0.15, -0.1) is 0 Å². The third-order valence-electron chi connectivity index (χ3n) is 4.21. The maximum atomic E-state index is 12.3. The van der Waals surface area contributed by atoms with Gasteiger partial charge in [0, 0.05) is 42.6 Å². The zero-order valence-corrected chi connectivity index (χ0v) is 13.7. The highest BCUT2D eigenvalue weighted by Gasteiger charge is 2.30. The summed E-state index contributed by atoms with van der Waals surface area (Å²) in [4.78, 5) is 28.0. The zero-order chi connectivity index (χ0) is 16.6. The lowest BCUT2D eigenvalue weighted by Crippen LogP contribution is -2.36. The first kappa shape index (κ1) is 15.5. The van der Waals surface area contributed by atoms with E-state index in [9.17, 15) is 9.59 Å². The monoisotopic (exact) mass is 313 g/mol. The van der Waals surface area contributed by atoms with Crippen LogP contribution in [0.5, 0.6) is 0 Å². The molecule has 0 radical (unpaired) electrons. The number of benzene rings is 2. The standard InChI is InChI=1S/C18H21N3O2.H2/c1-20(2)11-5-10-19-15-9-8-14-16-12(15)6-4-7-13(16)17(22)21(3)18(14)23;/h4,6-9,19H,5,10-11H2,1-3H3;1H. The lowest BCUT2D eigenvalue weighted by molar-refractivity contribution is 0.0651. The number of nitrogens with one attached hydrogen (secondary N) is 1. The Morgan fingerprint density at radius 3 is 2.48 bits per heavy atom. The van der Waals surface area contributed by atoms with Gasteiger partial charge in [0.25, 0.3) is 11.8 Å². The molecule has 0 spiro atoms. The molecule has 3 rings (SSSR count). The molecule has 1 heterocycles. The van der Waals surface area contributed by atoms with E-state index < -0.39 is 0 Å². The molecule has 2 amide bonds.